The van der Waals surface area contributed by atoms with Crippen LogP contribution in [0.4, 0.5) is 0 Å². The fourth-order valence-electron chi connectivity index (χ4n) is 2.82. The Morgan fingerprint density at radius 1 is 1.19 bits per heavy atom. The number of rotatable bonds is 12. The summed E-state index contributed by atoms with van der Waals surface area (Å²) in [7, 11) is 0. The van der Waals surface area contributed by atoms with E-state index in [4.69, 9.17) is 5.73 Å². The van der Waals surface area contributed by atoms with Gasteiger partial charge in [0.2, 0.25) is 5.91 Å². The molecule has 0 heterocycles. The van der Waals surface area contributed by atoms with Crippen molar-refractivity contribution in [3.8, 4) is 0 Å². The number of nitrogens with zero attached hydrogens (tertiary/aromatic N) is 1. The van der Waals surface area contributed by atoms with E-state index >= 15 is 0 Å². The van der Waals surface area contributed by atoms with Crippen LogP contribution in [0.25, 0.3) is 0 Å². The molecule has 1 amide bonds. The summed E-state index contributed by atoms with van der Waals surface area (Å²) < 4.78 is 0. The lowest BCUT2D eigenvalue weighted by atomic mass is 9.91. The number of unbranched alkanes of at least 4 members (excludes halogenated alkanes) is 1. The molecule has 21 heavy (non-hydrogen) atoms. The maximum Gasteiger partial charge on any atom is 0.237 e. The van der Waals surface area contributed by atoms with Crippen LogP contribution in [0.1, 0.15) is 73.6 Å². The molecule has 0 aliphatic heterocycles. The third-order valence-corrected chi connectivity index (χ3v) is 4.51. The molecule has 0 aromatic carbocycles. The van der Waals surface area contributed by atoms with Crippen molar-refractivity contribution < 1.29 is 4.79 Å². The third-order valence-electron chi connectivity index (χ3n) is 4.51. The first-order valence-corrected chi connectivity index (χ1v) is 8.63. The third kappa shape index (κ3) is 6.79. The lowest BCUT2D eigenvalue weighted by Crippen LogP contribution is -2.57. The summed E-state index contributed by atoms with van der Waals surface area (Å²) in [6, 6.07) is 0.878. The van der Waals surface area contributed by atoms with Crippen LogP contribution in [-0.4, -0.2) is 41.5 Å². The zero-order valence-electron chi connectivity index (χ0n) is 15.0. The molecule has 3 atom stereocenters. The molecule has 0 saturated carbocycles. The average Bonchev–Trinajstić information content (AvgIpc) is 2.44. The van der Waals surface area contributed by atoms with Crippen molar-refractivity contribution in [1.29, 1.82) is 0 Å². The number of nitrogens with two attached hydrogens (primary N) is 1. The van der Waals surface area contributed by atoms with Gasteiger partial charge in [-0.3, -0.25) is 9.69 Å². The standard InChI is InChI=1S/C17H37N3O/c1-7-10-12-20(14(4)9-3)15(5)13-17(6,16(18)21)19-11-8-2/h14-15,19H,7-13H2,1-6H3,(H2,18,21). The number of hydrogen-bond acceptors (Lipinski definition) is 3. The Hall–Kier alpha value is -0.610. The molecule has 0 bridgehead atoms. The summed E-state index contributed by atoms with van der Waals surface area (Å²) in [5, 5.41) is 3.34. The van der Waals surface area contributed by atoms with Gasteiger partial charge in [0.15, 0.2) is 0 Å². The molecule has 0 aliphatic rings. The number of nitrogens with one attached hydrogen (secondary N) is 1. The summed E-state index contributed by atoms with van der Waals surface area (Å²) in [6.07, 6.45) is 5.29. The lowest BCUT2D eigenvalue weighted by Gasteiger charge is -2.39. The molecular formula is C17H37N3O. The number of carbonyl (C=O) groups is 1. The van der Waals surface area contributed by atoms with Gasteiger partial charge in [-0.05, 0) is 59.5 Å². The first-order chi connectivity index (χ1) is 9.82. The maximum atomic E-state index is 11.9. The zero-order valence-corrected chi connectivity index (χ0v) is 15.0. The predicted molar refractivity (Wildman–Crippen MR) is 91.3 cm³/mol. The van der Waals surface area contributed by atoms with E-state index in [1.165, 1.54) is 12.8 Å². The normalized spacial score (nSPS) is 17.5. The first kappa shape index (κ1) is 20.4. The van der Waals surface area contributed by atoms with Crippen molar-refractivity contribution in [2.45, 2.75) is 91.3 Å². The van der Waals surface area contributed by atoms with Crippen LogP contribution in [0.15, 0.2) is 0 Å². The summed E-state index contributed by atoms with van der Waals surface area (Å²) in [4.78, 5) is 14.4. The number of hydrogen-bond donors (Lipinski definition) is 2. The van der Waals surface area contributed by atoms with E-state index < -0.39 is 5.54 Å². The van der Waals surface area contributed by atoms with Gasteiger partial charge in [-0.2, -0.15) is 0 Å². The molecule has 4 heteroatoms. The molecule has 0 spiro atoms. The second-order valence-electron chi connectivity index (χ2n) is 6.52. The van der Waals surface area contributed by atoms with Gasteiger partial charge < -0.3 is 11.1 Å². The number of amides is 1. The Balaban J connectivity index is 4.88. The van der Waals surface area contributed by atoms with E-state index in [0.717, 1.165) is 32.4 Å². The highest BCUT2D eigenvalue weighted by Gasteiger charge is 2.34. The van der Waals surface area contributed by atoms with Gasteiger partial charge in [0.1, 0.15) is 0 Å². The lowest BCUT2D eigenvalue weighted by molar-refractivity contribution is -0.124. The quantitative estimate of drug-likeness (QED) is 0.582. The highest BCUT2D eigenvalue weighted by atomic mass is 16.1. The SMILES string of the molecule is CCCCN(C(C)CC)C(C)CC(C)(NCCC)C(N)=O. The topological polar surface area (TPSA) is 58.4 Å². The minimum Gasteiger partial charge on any atom is -0.368 e. The van der Waals surface area contributed by atoms with E-state index in [9.17, 15) is 4.79 Å². The van der Waals surface area contributed by atoms with Crippen molar-refractivity contribution in [3.63, 3.8) is 0 Å². The van der Waals surface area contributed by atoms with E-state index in [-0.39, 0.29) is 5.91 Å². The molecule has 126 valence electrons. The van der Waals surface area contributed by atoms with Crippen LogP contribution in [0.2, 0.25) is 0 Å². The molecule has 0 aromatic rings. The van der Waals surface area contributed by atoms with E-state index in [1.54, 1.807) is 0 Å². The Labute approximate surface area is 131 Å². The second-order valence-corrected chi connectivity index (χ2v) is 6.52. The molecule has 4 nitrogen and oxygen atoms in total. The highest BCUT2D eigenvalue weighted by Crippen LogP contribution is 2.20. The summed E-state index contributed by atoms with van der Waals surface area (Å²) >= 11 is 0. The Kier molecular flexibility index (Phi) is 9.88. The van der Waals surface area contributed by atoms with Gasteiger partial charge in [-0.15, -0.1) is 0 Å². The maximum absolute atomic E-state index is 11.9. The molecule has 0 saturated heterocycles. The summed E-state index contributed by atoms with van der Waals surface area (Å²) in [5.41, 5.74) is 5.03. The van der Waals surface area contributed by atoms with Gasteiger partial charge >= 0.3 is 0 Å². The van der Waals surface area contributed by atoms with Crippen molar-refractivity contribution in [2.75, 3.05) is 13.1 Å². The van der Waals surface area contributed by atoms with Crippen LogP contribution in [0, 0.1) is 0 Å². The average molecular weight is 300 g/mol. The molecule has 0 radical (unpaired) electrons. The van der Waals surface area contributed by atoms with Crippen molar-refractivity contribution in [2.24, 2.45) is 5.73 Å². The largest absolute Gasteiger partial charge is 0.368 e. The first-order valence-electron chi connectivity index (χ1n) is 8.63. The Morgan fingerprint density at radius 2 is 1.81 bits per heavy atom. The van der Waals surface area contributed by atoms with Gasteiger partial charge in [0, 0.05) is 12.1 Å². The van der Waals surface area contributed by atoms with Crippen LogP contribution in [0.3, 0.4) is 0 Å². The van der Waals surface area contributed by atoms with Crippen LogP contribution in [0.5, 0.6) is 0 Å². The molecule has 0 fully saturated rings. The molecule has 0 rings (SSSR count). The fraction of sp³-hybridized carbons (Fsp3) is 0.941. The van der Waals surface area contributed by atoms with Crippen LogP contribution < -0.4 is 11.1 Å². The Morgan fingerprint density at radius 3 is 2.24 bits per heavy atom. The summed E-state index contributed by atoms with van der Waals surface area (Å²) in [5.74, 6) is -0.248. The van der Waals surface area contributed by atoms with Crippen molar-refractivity contribution >= 4 is 5.91 Å². The van der Waals surface area contributed by atoms with E-state index in [0.29, 0.717) is 12.1 Å². The van der Waals surface area contributed by atoms with Crippen LogP contribution in [-0.2, 0) is 4.79 Å². The second kappa shape index (κ2) is 10.2. The van der Waals surface area contributed by atoms with Gasteiger partial charge in [-0.25, -0.2) is 0 Å². The molecule has 3 unspecified atom stereocenters. The zero-order chi connectivity index (χ0) is 16.5. The van der Waals surface area contributed by atoms with E-state index in [1.807, 2.05) is 6.92 Å². The van der Waals surface area contributed by atoms with Gasteiger partial charge in [-0.1, -0.05) is 27.2 Å². The fourth-order valence-corrected chi connectivity index (χ4v) is 2.82. The van der Waals surface area contributed by atoms with E-state index in [2.05, 4.69) is 44.8 Å². The molecule has 3 N–H and O–H groups in total. The number of primary amides is 1. The van der Waals surface area contributed by atoms with Crippen molar-refractivity contribution in [1.82, 2.24) is 10.2 Å². The molecular weight excluding hydrogens is 262 g/mol. The van der Waals surface area contributed by atoms with Gasteiger partial charge in [0.05, 0.1) is 5.54 Å². The minimum absolute atomic E-state index is 0.248. The highest BCUT2D eigenvalue weighted by molar-refractivity contribution is 5.84. The Bertz CT molecular complexity index is 296. The molecule has 0 aliphatic carbocycles. The monoisotopic (exact) mass is 299 g/mol. The van der Waals surface area contributed by atoms with Crippen molar-refractivity contribution in [3.05, 3.63) is 0 Å². The number of carbonyl (C=O) groups excluding carboxylic acids is 1. The minimum atomic E-state index is -0.618. The predicted octanol–water partition coefficient (Wildman–Crippen LogP) is 2.91. The smallest absolute Gasteiger partial charge is 0.237 e. The summed E-state index contributed by atoms with van der Waals surface area (Å²) in [6.45, 7) is 14.9. The van der Waals surface area contributed by atoms with Crippen LogP contribution >= 0.6 is 0 Å². The van der Waals surface area contributed by atoms with Gasteiger partial charge in [0.25, 0.3) is 0 Å². The molecule has 0 aromatic heterocycles.